The molecule has 30 heavy (non-hydrogen) atoms. The minimum absolute atomic E-state index is 0.231. The largest absolute Gasteiger partial charge is 0.338 e. The first-order valence-electron chi connectivity index (χ1n) is 9.41. The van der Waals surface area contributed by atoms with Gasteiger partial charge in [0.2, 0.25) is 0 Å². The molecule has 1 atom stereocenters. The number of hydrogen-bond donors (Lipinski definition) is 1. The van der Waals surface area contributed by atoms with Crippen molar-refractivity contribution in [2.45, 2.75) is 18.6 Å². The Kier molecular flexibility index (Phi) is 6.11. The molecule has 0 aliphatic carbocycles. The number of rotatable bonds is 7. The van der Waals surface area contributed by atoms with Crippen LogP contribution in [0.5, 0.6) is 0 Å². The summed E-state index contributed by atoms with van der Waals surface area (Å²) >= 11 is 6.50. The molecule has 0 saturated heterocycles. The fraction of sp³-hybridized carbons (Fsp3) is 0.182. The monoisotopic (exact) mass is 442 g/mol. The number of nitrogens with zero attached hydrogens (tertiary/aromatic N) is 3. The summed E-state index contributed by atoms with van der Waals surface area (Å²) < 4.78 is 26.8. The van der Waals surface area contributed by atoms with Crippen LogP contribution in [0.25, 0.3) is 5.52 Å². The number of aryl methyl sites for hydroxylation is 2. The van der Waals surface area contributed by atoms with Gasteiger partial charge in [0.1, 0.15) is 17.7 Å². The van der Waals surface area contributed by atoms with Crippen molar-refractivity contribution in [3.8, 4) is 0 Å². The molecule has 4 aromatic rings. The zero-order valence-corrected chi connectivity index (χ0v) is 17.9. The van der Waals surface area contributed by atoms with Gasteiger partial charge >= 0.3 is 0 Å². The number of nitrogens with one attached hydrogen (secondary N) is 1. The van der Waals surface area contributed by atoms with Crippen LogP contribution in [0.2, 0.25) is 5.02 Å². The molecule has 2 aromatic heterocycles. The number of benzene rings is 2. The van der Waals surface area contributed by atoms with Crippen LogP contribution in [-0.2, 0) is 29.4 Å². The van der Waals surface area contributed by atoms with Crippen LogP contribution >= 0.6 is 11.6 Å². The van der Waals surface area contributed by atoms with Gasteiger partial charge in [0, 0.05) is 34.0 Å². The summed E-state index contributed by atoms with van der Waals surface area (Å²) in [5, 5.41) is 8.14. The second-order valence-corrected chi connectivity index (χ2v) is 8.86. The first-order chi connectivity index (χ1) is 14.5. The summed E-state index contributed by atoms with van der Waals surface area (Å²) in [5.41, 5.74) is 4.42. The highest BCUT2D eigenvalue weighted by Crippen LogP contribution is 2.27. The van der Waals surface area contributed by atoms with E-state index in [1.165, 1.54) is 12.4 Å². The van der Waals surface area contributed by atoms with Crippen molar-refractivity contribution in [2.75, 3.05) is 11.6 Å². The number of aromatic nitrogens is 3. The fourth-order valence-electron chi connectivity index (χ4n) is 3.38. The van der Waals surface area contributed by atoms with Crippen LogP contribution < -0.4 is 5.32 Å². The summed E-state index contributed by atoms with van der Waals surface area (Å²) in [5.74, 6) is 0.822. The Balaban J connectivity index is 1.54. The molecule has 2 heterocycles. The lowest BCUT2D eigenvalue weighted by atomic mass is 10.0. The normalized spacial score (nSPS) is 12.2. The van der Waals surface area contributed by atoms with Gasteiger partial charge in [0.25, 0.3) is 0 Å². The van der Waals surface area contributed by atoms with E-state index in [1.54, 1.807) is 22.9 Å². The smallest absolute Gasteiger partial charge is 0.158 e. The van der Waals surface area contributed by atoms with Crippen LogP contribution in [0.3, 0.4) is 0 Å². The fourth-order valence-corrected chi connectivity index (χ4v) is 4.33. The molecule has 0 spiro atoms. The molecule has 0 amide bonds. The average Bonchev–Trinajstić information content (AvgIpc) is 3.11. The maximum absolute atomic E-state index is 13.4. The summed E-state index contributed by atoms with van der Waals surface area (Å²) in [4.78, 5) is 4.36. The van der Waals surface area contributed by atoms with Crippen LogP contribution in [0, 0.1) is 5.82 Å². The standard InChI is InChI=1S/C22H20ClFN4OS/c1-30(29)13-17-9-10-28-21(17)22(25-14-26-28)27-19-8-7-16(20(23)12-19)6-5-15-3-2-4-18(24)11-15/h2-4,7-12,14H,5-6,13H2,1H3,(H,25,26,27). The van der Waals surface area contributed by atoms with Crippen molar-refractivity contribution in [1.82, 2.24) is 14.6 Å². The van der Waals surface area contributed by atoms with Crippen molar-refractivity contribution in [1.29, 1.82) is 0 Å². The molecule has 0 aliphatic heterocycles. The highest BCUT2D eigenvalue weighted by atomic mass is 35.5. The zero-order chi connectivity index (χ0) is 21.1. The van der Waals surface area contributed by atoms with Crippen LogP contribution in [0.4, 0.5) is 15.9 Å². The minimum Gasteiger partial charge on any atom is -0.338 e. The maximum Gasteiger partial charge on any atom is 0.158 e. The van der Waals surface area contributed by atoms with E-state index in [9.17, 15) is 8.60 Å². The summed E-state index contributed by atoms with van der Waals surface area (Å²) in [6.45, 7) is 0. The second kappa shape index (κ2) is 8.93. The Morgan fingerprint density at radius 1 is 1.13 bits per heavy atom. The van der Waals surface area contributed by atoms with E-state index >= 15 is 0 Å². The first kappa shape index (κ1) is 20.5. The molecule has 154 valence electrons. The minimum atomic E-state index is -0.974. The van der Waals surface area contributed by atoms with Crippen LogP contribution in [0.15, 0.2) is 61.1 Å². The van der Waals surface area contributed by atoms with E-state index in [0.29, 0.717) is 29.4 Å². The van der Waals surface area contributed by atoms with E-state index in [0.717, 1.165) is 27.9 Å². The molecule has 1 unspecified atom stereocenters. The van der Waals surface area contributed by atoms with E-state index in [-0.39, 0.29) is 5.82 Å². The zero-order valence-electron chi connectivity index (χ0n) is 16.3. The second-order valence-electron chi connectivity index (χ2n) is 7.02. The third kappa shape index (κ3) is 4.68. The van der Waals surface area contributed by atoms with E-state index < -0.39 is 10.8 Å². The molecule has 8 heteroatoms. The molecule has 0 saturated carbocycles. The van der Waals surface area contributed by atoms with Crippen molar-refractivity contribution >= 4 is 39.4 Å². The summed E-state index contributed by atoms with van der Waals surface area (Å²) in [7, 11) is -0.974. The summed E-state index contributed by atoms with van der Waals surface area (Å²) in [6, 6.07) is 14.3. The molecular formula is C22H20ClFN4OS. The lowest BCUT2D eigenvalue weighted by Gasteiger charge is -2.11. The number of anilines is 2. The van der Waals surface area contributed by atoms with E-state index in [4.69, 9.17) is 11.6 Å². The van der Waals surface area contributed by atoms with Gasteiger partial charge in [-0.2, -0.15) is 5.10 Å². The number of hydrogen-bond acceptors (Lipinski definition) is 4. The number of fused-ring (bicyclic) bond motifs is 1. The molecule has 0 fully saturated rings. The third-order valence-electron chi connectivity index (χ3n) is 4.78. The Morgan fingerprint density at radius 2 is 2.00 bits per heavy atom. The molecule has 5 nitrogen and oxygen atoms in total. The van der Waals surface area contributed by atoms with Crippen molar-refractivity contribution in [3.05, 3.63) is 88.6 Å². The predicted molar refractivity (Wildman–Crippen MR) is 119 cm³/mol. The third-order valence-corrected chi connectivity index (χ3v) is 5.85. The Bertz CT molecular complexity index is 1230. The van der Waals surface area contributed by atoms with Gasteiger partial charge in [0.15, 0.2) is 5.82 Å². The first-order valence-corrected chi connectivity index (χ1v) is 11.5. The Labute approximate surface area is 181 Å². The molecule has 0 radical (unpaired) electrons. The molecule has 2 aromatic carbocycles. The van der Waals surface area contributed by atoms with Gasteiger partial charge in [-0.15, -0.1) is 0 Å². The molecule has 0 aliphatic rings. The Hall–Kier alpha value is -2.77. The van der Waals surface area contributed by atoms with E-state index in [2.05, 4.69) is 15.4 Å². The van der Waals surface area contributed by atoms with Gasteiger partial charge < -0.3 is 5.32 Å². The van der Waals surface area contributed by atoms with Gasteiger partial charge in [-0.3, -0.25) is 4.21 Å². The van der Waals surface area contributed by atoms with E-state index in [1.807, 2.05) is 36.5 Å². The SMILES string of the molecule is CS(=O)Cc1ccn2ncnc(Nc3ccc(CCc4cccc(F)c4)c(Cl)c3)c12. The maximum atomic E-state index is 13.4. The van der Waals surface area contributed by atoms with Crippen molar-refractivity contribution in [2.24, 2.45) is 0 Å². The van der Waals surface area contributed by atoms with Gasteiger partial charge in [-0.25, -0.2) is 13.9 Å². The van der Waals surface area contributed by atoms with Crippen molar-refractivity contribution in [3.63, 3.8) is 0 Å². The van der Waals surface area contributed by atoms with Gasteiger partial charge in [0.05, 0.1) is 5.75 Å². The molecule has 1 N–H and O–H groups in total. The van der Waals surface area contributed by atoms with Crippen molar-refractivity contribution < 1.29 is 8.60 Å². The molecule has 4 rings (SSSR count). The van der Waals surface area contributed by atoms with Crippen LogP contribution in [-0.4, -0.2) is 25.1 Å². The summed E-state index contributed by atoms with van der Waals surface area (Å²) in [6.07, 6.45) is 6.39. The van der Waals surface area contributed by atoms with Crippen LogP contribution in [0.1, 0.15) is 16.7 Å². The van der Waals surface area contributed by atoms with Gasteiger partial charge in [-0.1, -0.05) is 29.8 Å². The molecular weight excluding hydrogens is 423 g/mol. The highest BCUT2D eigenvalue weighted by molar-refractivity contribution is 7.83. The predicted octanol–water partition coefficient (Wildman–Crippen LogP) is 4.93. The number of halogens is 2. The average molecular weight is 443 g/mol. The lowest BCUT2D eigenvalue weighted by Crippen LogP contribution is -2.02. The highest BCUT2D eigenvalue weighted by Gasteiger charge is 2.12. The quantitative estimate of drug-likeness (QED) is 0.441. The van der Waals surface area contributed by atoms with Gasteiger partial charge in [-0.05, 0) is 59.9 Å². The lowest BCUT2D eigenvalue weighted by molar-refractivity contribution is 0.625. The molecule has 0 bridgehead atoms. The Morgan fingerprint density at radius 3 is 2.77 bits per heavy atom. The topological polar surface area (TPSA) is 59.3 Å².